The van der Waals surface area contributed by atoms with E-state index in [1.54, 1.807) is 17.5 Å². The molecule has 0 unspecified atom stereocenters. The Kier molecular flexibility index (Phi) is 6.28. The Labute approximate surface area is 219 Å². The lowest BCUT2D eigenvalue weighted by Gasteiger charge is -2.36. The van der Waals surface area contributed by atoms with Gasteiger partial charge in [-0.3, -0.25) is 4.79 Å². The highest BCUT2D eigenvalue weighted by Gasteiger charge is 2.42. The fraction of sp³-hybridized carbons (Fsp3) is 0.241. The Hall–Kier alpha value is -3.88. The molecule has 5 aromatic rings. The lowest BCUT2D eigenvalue weighted by atomic mass is 9.73. The van der Waals surface area contributed by atoms with Crippen molar-refractivity contribution in [2.75, 3.05) is 18.5 Å². The molecule has 0 saturated carbocycles. The fourth-order valence-electron chi connectivity index (χ4n) is 4.91. The Morgan fingerprint density at radius 3 is 2.54 bits per heavy atom. The number of amides is 1. The quantitative estimate of drug-likeness (QED) is 0.293. The van der Waals surface area contributed by atoms with Gasteiger partial charge in [0.25, 0.3) is 0 Å². The summed E-state index contributed by atoms with van der Waals surface area (Å²) < 4.78 is 5.64. The van der Waals surface area contributed by atoms with Crippen molar-refractivity contribution in [2.45, 2.75) is 31.6 Å². The highest BCUT2D eigenvalue weighted by Crippen LogP contribution is 2.37. The van der Waals surface area contributed by atoms with Gasteiger partial charge in [0.2, 0.25) is 5.91 Å². The van der Waals surface area contributed by atoms with E-state index in [1.807, 2.05) is 36.0 Å². The molecule has 8 heteroatoms. The number of hydrogen-bond donors (Lipinski definition) is 2. The standard InChI is InChI=1S/C29H27N5O2S/c1-2-26-33-24(18-37-26)21-5-8-25(31-16-21)34-28(35)29(10-13-36-14-11-29)23-6-3-19(4-7-23)22-15-20-9-12-30-27(20)32-17-22/h3-9,12,15-18H,2,10-11,13-14H2,1H3,(H,30,32)(H,31,34,35). The van der Waals surface area contributed by atoms with Crippen LogP contribution < -0.4 is 5.32 Å². The number of carbonyl (C=O) groups excluding carboxylic acids is 1. The maximum Gasteiger partial charge on any atom is 0.236 e. The lowest BCUT2D eigenvalue weighted by Crippen LogP contribution is -2.45. The van der Waals surface area contributed by atoms with E-state index in [1.165, 1.54) is 0 Å². The minimum Gasteiger partial charge on any atom is -0.381 e. The van der Waals surface area contributed by atoms with Crippen molar-refractivity contribution in [3.05, 3.63) is 83.1 Å². The molecule has 1 aliphatic heterocycles. The molecule has 6 rings (SSSR count). The molecule has 37 heavy (non-hydrogen) atoms. The Balaban J connectivity index is 1.24. The van der Waals surface area contributed by atoms with E-state index in [2.05, 4.69) is 62.5 Å². The maximum atomic E-state index is 13.7. The molecular weight excluding hydrogens is 482 g/mol. The molecule has 1 aliphatic rings. The van der Waals surface area contributed by atoms with Gasteiger partial charge in [0, 0.05) is 53.7 Å². The third-order valence-electron chi connectivity index (χ3n) is 7.11. The van der Waals surface area contributed by atoms with Crippen molar-refractivity contribution in [1.29, 1.82) is 0 Å². The van der Waals surface area contributed by atoms with Crippen LogP contribution in [0, 0.1) is 0 Å². The number of aryl methyl sites for hydroxylation is 1. The SMILES string of the molecule is CCc1nc(-c2ccc(NC(=O)C3(c4ccc(-c5cnc6[nH]ccc6c5)cc4)CCOCC3)nc2)cs1. The van der Waals surface area contributed by atoms with Gasteiger partial charge in [0.15, 0.2) is 0 Å². The second-order valence-corrected chi connectivity index (χ2v) is 10.2. The van der Waals surface area contributed by atoms with Gasteiger partial charge in [-0.2, -0.15) is 0 Å². The average Bonchev–Trinajstić information content (AvgIpc) is 3.63. The van der Waals surface area contributed by atoms with Gasteiger partial charge in [-0.05, 0) is 54.7 Å². The van der Waals surface area contributed by atoms with E-state index in [4.69, 9.17) is 4.74 Å². The first-order valence-electron chi connectivity index (χ1n) is 12.5. The number of carbonyl (C=O) groups is 1. The number of ether oxygens (including phenoxy) is 1. The summed E-state index contributed by atoms with van der Waals surface area (Å²) >= 11 is 1.65. The topological polar surface area (TPSA) is 92.8 Å². The molecular formula is C29H27N5O2S. The summed E-state index contributed by atoms with van der Waals surface area (Å²) in [5.74, 6) is 0.481. The zero-order valence-electron chi connectivity index (χ0n) is 20.5. The molecule has 0 atom stereocenters. The molecule has 4 aromatic heterocycles. The Morgan fingerprint density at radius 1 is 1.03 bits per heavy atom. The molecule has 1 aromatic carbocycles. The number of thiazole rings is 1. The minimum atomic E-state index is -0.676. The molecule has 0 bridgehead atoms. The molecule has 2 N–H and O–H groups in total. The Morgan fingerprint density at radius 2 is 1.81 bits per heavy atom. The number of benzene rings is 1. The predicted octanol–water partition coefficient (Wildman–Crippen LogP) is 6.00. The van der Waals surface area contributed by atoms with E-state index < -0.39 is 5.41 Å². The van der Waals surface area contributed by atoms with Crippen LogP contribution in [0.1, 0.15) is 30.3 Å². The molecule has 5 heterocycles. The van der Waals surface area contributed by atoms with Crippen LogP contribution in [0.4, 0.5) is 5.82 Å². The van der Waals surface area contributed by atoms with E-state index in [0.29, 0.717) is 31.9 Å². The van der Waals surface area contributed by atoms with Crippen molar-refractivity contribution >= 4 is 34.1 Å². The summed E-state index contributed by atoms with van der Waals surface area (Å²) in [5, 5.41) is 7.28. The largest absolute Gasteiger partial charge is 0.381 e. The normalized spacial score (nSPS) is 15.1. The number of nitrogens with one attached hydrogen (secondary N) is 2. The van der Waals surface area contributed by atoms with Crippen LogP contribution in [0.2, 0.25) is 0 Å². The van der Waals surface area contributed by atoms with Gasteiger partial charge >= 0.3 is 0 Å². The van der Waals surface area contributed by atoms with Gasteiger partial charge in [0.1, 0.15) is 11.5 Å². The van der Waals surface area contributed by atoms with Gasteiger partial charge < -0.3 is 15.0 Å². The first-order valence-corrected chi connectivity index (χ1v) is 13.4. The number of anilines is 1. The average molecular weight is 510 g/mol. The number of H-pyrrole nitrogens is 1. The van der Waals surface area contributed by atoms with Gasteiger partial charge in [-0.15, -0.1) is 11.3 Å². The molecule has 0 aliphatic carbocycles. The van der Waals surface area contributed by atoms with E-state index in [-0.39, 0.29) is 5.91 Å². The van der Waals surface area contributed by atoms with E-state index >= 15 is 0 Å². The first kappa shape index (κ1) is 23.5. The molecule has 1 fully saturated rings. The zero-order valence-corrected chi connectivity index (χ0v) is 21.3. The monoisotopic (exact) mass is 509 g/mol. The van der Waals surface area contributed by atoms with E-state index in [0.717, 1.165) is 50.4 Å². The van der Waals surface area contributed by atoms with Crippen LogP contribution in [0.25, 0.3) is 33.4 Å². The summed E-state index contributed by atoms with van der Waals surface area (Å²) in [4.78, 5) is 30.5. The first-order chi connectivity index (χ1) is 18.1. The van der Waals surface area contributed by atoms with Crippen molar-refractivity contribution in [2.24, 2.45) is 0 Å². The summed E-state index contributed by atoms with van der Waals surface area (Å²) in [6.45, 7) is 3.18. The second-order valence-electron chi connectivity index (χ2n) is 9.28. The number of fused-ring (bicyclic) bond motifs is 1. The van der Waals surface area contributed by atoms with Crippen LogP contribution >= 0.6 is 11.3 Å². The van der Waals surface area contributed by atoms with E-state index in [9.17, 15) is 4.79 Å². The van der Waals surface area contributed by atoms with Gasteiger partial charge in [-0.1, -0.05) is 31.2 Å². The van der Waals surface area contributed by atoms with Crippen molar-refractivity contribution in [3.8, 4) is 22.4 Å². The summed E-state index contributed by atoms with van der Waals surface area (Å²) in [6.07, 6.45) is 7.68. The fourth-order valence-corrected chi connectivity index (χ4v) is 5.66. The smallest absolute Gasteiger partial charge is 0.236 e. The maximum absolute atomic E-state index is 13.7. The highest BCUT2D eigenvalue weighted by atomic mass is 32.1. The predicted molar refractivity (Wildman–Crippen MR) is 147 cm³/mol. The third kappa shape index (κ3) is 4.54. The molecule has 0 radical (unpaired) electrons. The molecule has 0 spiro atoms. The van der Waals surface area contributed by atoms with Crippen LogP contribution in [-0.2, 0) is 21.4 Å². The number of rotatable bonds is 6. The molecule has 186 valence electrons. The zero-order chi connectivity index (χ0) is 25.2. The van der Waals surface area contributed by atoms with Crippen LogP contribution in [0.3, 0.4) is 0 Å². The van der Waals surface area contributed by atoms with Gasteiger partial charge in [-0.25, -0.2) is 15.0 Å². The molecule has 1 amide bonds. The van der Waals surface area contributed by atoms with Crippen LogP contribution in [-0.4, -0.2) is 39.1 Å². The number of nitrogens with zero attached hydrogens (tertiary/aromatic N) is 3. The van der Waals surface area contributed by atoms with Gasteiger partial charge in [0.05, 0.1) is 16.1 Å². The van der Waals surface area contributed by atoms with Crippen molar-refractivity contribution in [3.63, 3.8) is 0 Å². The highest BCUT2D eigenvalue weighted by molar-refractivity contribution is 7.09. The minimum absolute atomic E-state index is 0.0545. The number of pyridine rings is 2. The number of aromatic nitrogens is 4. The summed E-state index contributed by atoms with van der Waals surface area (Å²) in [5.41, 5.74) is 5.14. The summed E-state index contributed by atoms with van der Waals surface area (Å²) in [7, 11) is 0. The van der Waals surface area contributed by atoms with Crippen LogP contribution in [0.15, 0.2) is 72.5 Å². The Bertz CT molecular complexity index is 1530. The number of hydrogen-bond acceptors (Lipinski definition) is 6. The van der Waals surface area contributed by atoms with Crippen molar-refractivity contribution in [1.82, 2.24) is 19.9 Å². The molecule has 1 saturated heterocycles. The third-order valence-corrected chi connectivity index (χ3v) is 8.10. The second kappa shape index (κ2) is 9.88. The van der Waals surface area contributed by atoms with Crippen molar-refractivity contribution < 1.29 is 9.53 Å². The number of aromatic amines is 1. The van der Waals surface area contributed by atoms with Crippen LogP contribution in [0.5, 0.6) is 0 Å². The summed E-state index contributed by atoms with van der Waals surface area (Å²) in [6, 6.07) is 16.2. The lowest BCUT2D eigenvalue weighted by molar-refractivity contribution is -0.125. The molecule has 7 nitrogen and oxygen atoms in total.